The standard InChI is InChI=1S/C11H14S/c1-12-10-6-5-9-11-7-3-2-4-8-11/h2-5,7-9H,6,10H2,1H3/b9-5+. The van der Waals surface area contributed by atoms with Gasteiger partial charge in [0.05, 0.1) is 0 Å². The smallest absolute Gasteiger partial charge is 0.00356 e. The molecule has 0 amide bonds. The van der Waals surface area contributed by atoms with Gasteiger partial charge in [-0.3, -0.25) is 0 Å². The molecule has 0 unspecified atom stereocenters. The summed E-state index contributed by atoms with van der Waals surface area (Å²) in [6, 6.07) is 10.4. The molecule has 0 bridgehead atoms. The van der Waals surface area contributed by atoms with Crippen molar-refractivity contribution in [3.63, 3.8) is 0 Å². The lowest BCUT2D eigenvalue weighted by Gasteiger charge is -1.91. The average Bonchev–Trinajstić information content (AvgIpc) is 2.14. The summed E-state index contributed by atoms with van der Waals surface area (Å²) in [6.45, 7) is 0. The normalized spacial score (nSPS) is 10.8. The maximum Gasteiger partial charge on any atom is -0.00356 e. The van der Waals surface area contributed by atoms with Crippen LogP contribution in [0.5, 0.6) is 0 Å². The van der Waals surface area contributed by atoms with E-state index in [0.29, 0.717) is 0 Å². The Morgan fingerprint density at radius 1 is 1.25 bits per heavy atom. The summed E-state index contributed by atoms with van der Waals surface area (Å²) in [5.41, 5.74) is 1.29. The molecular weight excluding hydrogens is 164 g/mol. The van der Waals surface area contributed by atoms with Crippen molar-refractivity contribution in [2.75, 3.05) is 12.0 Å². The zero-order valence-electron chi connectivity index (χ0n) is 7.36. The van der Waals surface area contributed by atoms with Gasteiger partial charge >= 0.3 is 0 Å². The number of benzene rings is 1. The van der Waals surface area contributed by atoms with Crippen LogP contribution in [0, 0.1) is 0 Å². The van der Waals surface area contributed by atoms with Crippen LogP contribution in [0.25, 0.3) is 6.08 Å². The van der Waals surface area contributed by atoms with Crippen LogP contribution < -0.4 is 0 Å². The van der Waals surface area contributed by atoms with Crippen molar-refractivity contribution >= 4 is 17.8 Å². The predicted octanol–water partition coefficient (Wildman–Crippen LogP) is 3.45. The van der Waals surface area contributed by atoms with Gasteiger partial charge in [0.1, 0.15) is 0 Å². The van der Waals surface area contributed by atoms with Gasteiger partial charge in [0.25, 0.3) is 0 Å². The van der Waals surface area contributed by atoms with Crippen LogP contribution in [-0.4, -0.2) is 12.0 Å². The summed E-state index contributed by atoms with van der Waals surface area (Å²) in [5, 5.41) is 0. The van der Waals surface area contributed by atoms with E-state index in [9.17, 15) is 0 Å². The van der Waals surface area contributed by atoms with Crippen LogP contribution in [0.1, 0.15) is 12.0 Å². The minimum absolute atomic E-state index is 1.16. The molecule has 12 heavy (non-hydrogen) atoms. The molecule has 0 aromatic heterocycles. The van der Waals surface area contributed by atoms with Gasteiger partial charge in [0, 0.05) is 0 Å². The minimum Gasteiger partial charge on any atom is -0.165 e. The second-order valence-corrected chi connectivity index (χ2v) is 3.58. The van der Waals surface area contributed by atoms with Gasteiger partial charge in [-0.1, -0.05) is 42.5 Å². The zero-order valence-corrected chi connectivity index (χ0v) is 8.18. The van der Waals surface area contributed by atoms with Crippen LogP contribution in [0.2, 0.25) is 0 Å². The van der Waals surface area contributed by atoms with E-state index in [2.05, 4.69) is 42.7 Å². The fourth-order valence-electron chi connectivity index (χ4n) is 0.969. The lowest BCUT2D eigenvalue weighted by molar-refractivity contribution is 1.26. The molecule has 0 saturated carbocycles. The summed E-state index contributed by atoms with van der Waals surface area (Å²) >= 11 is 1.89. The molecule has 0 spiro atoms. The van der Waals surface area contributed by atoms with Crippen LogP contribution in [0.4, 0.5) is 0 Å². The van der Waals surface area contributed by atoms with Crippen LogP contribution >= 0.6 is 11.8 Å². The van der Waals surface area contributed by atoms with Gasteiger partial charge in [0.15, 0.2) is 0 Å². The summed E-state index contributed by atoms with van der Waals surface area (Å²) in [6.07, 6.45) is 7.70. The maximum atomic E-state index is 2.23. The molecule has 1 heteroatoms. The summed E-state index contributed by atoms with van der Waals surface area (Å²) < 4.78 is 0. The molecule has 0 radical (unpaired) electrons. The van der Waals surface area contributed by atoms with E-state index in [1.807, 2.05) is 17.8 Å². The van der Waals surface area contributed by atoms with Crippen molar-refractivity contribution < 1.29 is 0 Å². The number of rotatable bonds is 4. The number of thioether (sulfide) groups is 1. The first kappa shape index (κ1) is 9.40. The van der Waals surface area contributed by atoms with Crippen molar-refractivity contribution in [1.29, 1.82) is 0 Å². The lowest BCUT2D eigenvalue weighted by atomic mass is 10.2. The molecule has 0 nitrogen and oxygen atoms in total. The summed E-state index contributed by atoms with van der Waals surface area (Å²) in [7, 11) is 0. The molecule has 0 saturated heterocycles. The number of allylic oxidation sites excluding steroid dienone is 1. The second-order valence-electron chi connectivity index (χ2n) is 2.59. The summed E-state index contributed by atoms with van der Waals surface area (Å²) in [5.74, 6) is 1.21. The third-order valence-electron chi connectivity index (χ3n) is 1.60. The number of hydrogen-bond donors (Lipinski definition) is 0. The quantitative estimate of drug-likeness (QED) is 0.636. The molecule has 0 N–H and O–H groups in total. The van der Waals surface area contributed by atoms with Gasteiger partial charge in [0.2, 0.25) is 0 Å². The van der Waals surface area contributed by atoms with E-state index in [1.54, 1.807) is 0 Å². The number of hydrogen-bond acceptors (Lipinski definition) is 1. The van der Waals surface area contributed by atoms with E-state index in [0.717, 1.165) is 6.42 Å². The van der Waals surface area contributed by atoms with Gasteiger partial charge in [-0.25, -0.2) is 0 Å². The van der Waals surface area contributed by atoms with E-state index >= 15 is 0 Å². The zero-order chi connectivity index (χ0) is 8.65. The van der Waals surface area contributed by atoms with Crippen molar-refractivity contribution in [3.8, 4) is 0 Å². The van der Waals surface area contributed by atoms with E-state index in [4.69, 9.17) is 0 Å². The van der Waals surface area contributed by atoms with Crippen LogP contribution in [0.15, 0.2) is 36.4 Å². The van der Waals surface area contributed by atoms with Crippen molar-refractivity contribution in [2.24, 2.45) is 0 Å². The minimum atomic E-state index is 1.16. The topological polar surface area (TPSA) is 0 Å². The highest BCUT2D eigenvalue weighted by Gasteiger charge is 1.82. The SMILES string of the molecule is CSCC/C=C/c1ccccc1. The fraction of sp³-hybridized carbons (Fsp3) is 0.273. The Bertz CT molecular complexity index is 226. The third-order valence-corrected chi connectivity index (χ3v) is 2.24. The molecule has 0 aliphatic carbocycles. The molecule has 1 aromatic carbocycles. The van der Waals surface area contributed by atoms with E-state index in [1.165, 1.54) is 11.3 Å². The molecule has 1 rings (SSSR count). The molecule has 0 atom stereocenters. The highest BCUT2D eigenvalue weighted by molar-refractivity contribution is 7.98. The van der Waals surface area contributed by atoms with Crippen molar-refractivity contribution in [3.05, 3.63) is 42.0 Å². The van der Waals surface area contributed by atoms with Gasteiger partial charge in [-0.2, -0.15) is 11.8 Å². The Morgan fingerprint density at radius 2 is 2.00 bits per heavy atom. The van der Waals surface area contributed by atoms with Crippen LogP contribution in [0.3, 0.4) is 0 Å². The first-order chi connectivity index (χ1) is 5.93. The molecule has 0 heterocycles. The molecular formula is C11H14S. The average molecular weight is 178 g/mol. The Kier molecular flexibility index (Phi) is 4.62. The third kappa shape index (κ3) is 3.63. The Balaban J connectivity index is 2.36. The molecule has 0 aliphatic heterocycles. The Labute approximate surface area is 78.7 Å². The van der Waals surface area contributed by atoms with E-state index < -0.39 is 0 Å². The van der Waals surface area contributed by atoms with Crippen LogP contribution in [-0.2, 0) is 0 Å². The van der Waals surface area contributed by atoms with E-state index in [-0.39, 0.29) is 0 Å². The predicted molar refractivity (Wildman–Crippen MR) is 58.5 cm³/mol. The molecule has 0 aliphatic rings. The monoisotopic (exact) mass is 178 g/mol. The highest BCUT2D eigenvalue weighted by Crippen LogP contribution is 2.03. The first-order valence-corrected chi connectivity index (χ1v) is 5.53. The second kappa shape index (κ2) is 5.90. The fourth-order valence-corrected chi connectivity index (χ4v) is 1.34. The van der Waals surface area contributed by atoms with Gasteiger partial charge in [-0.15, -0.1) is 0 Å². The molecule has 64 valence electrons. The highest BCUT2D eigenvalue weighted by atomic mass is 32.2. The lowest BCUT2D eigenvalue weighted by Crippen LogP contribution is -1.72. The van der Waals surface area contributed by atoms with Gasteiger partial charge < -0.3 is 0 Å². The Morgan fingerprint density at radius 3 is 2.67 bits per heavy atom. The van der Waals surface area contributed by atoms with Gasteiger partial charge in [-0.05, 0) is 24.0 Å². The van der Waals surface area contributed by atoms with Crippen molar-refractivity contribution in [2.45, 2.75) is 6.42 Å². The largest absolute Gasteiger partial charge is 0.165 e. The maximum absolute atomic E-state index is 2.23. The molecule has 0 fully saturated rings. The summed E-state index contributed by atoms with van der Waals surface area (Å²) in [4.78, 5) is 0. The molecule has 1 aromatic rings. The van der Waals surface area contributed by atoms with Crippen molar-refractivity contribution in [1.82, 2.24) is 0 Å². The Hall–Kier alpha value is -0.690. The first-order valence-electron chi connectivity index (χ1n) is 4.14.